The second-order valence-electron chi connectivity index (χ2n) is 8.41. The van der Waals surface area contributed by atoms with Crippen molar-refractivity contribution in [3.63, 3.8) is 0 Å². The molecule has 6 heteroatoms. The van der Waals surface area contributed by atoms with Crippen molar-refractivity contribution in [2.24, 2.45) is 0 Å². The van der Waals surface area contributed by atoms with Gasteiger partial charge in [-0.1, -0.05) is 57.2 Å². The molecule has 0 radical (unpaired) electrons. The Morgan fingerprint density at radius 2 is 1.73 bits per heavy atom. The third kappa shape index (κ3) is 6.72. The normalized spacial score (nSPS) is 11.3. The number of ether oxygens (including phenoxy) is 1. The topological polar surface area (TPSA) is 69.0 Å². The van der Waals surface area contributed by atoms with Gasteiger partial charge in [-0.3, -0.25) is 4.79 Å². The summed E-state index contributed by atoms with van der Waals surface area (Å²) in [4.78, 5) is 16.0. The van der Waals surface area contributed by atoms with Crippen molar-refractivity contribution in [1.82, 2.24) is 20.1 Å². The summed E-state index contributed by atoms with van der Waals surface area (Å²) in [6.45, 7) is 8.31. The van der Waals surface area contributed by atoms with E-state index in [2.05, 4.69) is 48.3 Å². The maximum Gasteiger partial charge on any atom is 0.220 e. The molecule has 0 spiro atoms. The minimum Gasteiger partial charge on any atom is -0.494 e. The highest BCUT2D eigenvalue weighted by atomic mass is 16.5. The van der Waals surface area contributed by atoms with Crippen molar-refractivity contribution < 1.29 is 9.53 Å². The summed E-state index contributed by atoms with van der Waals surface area (Å²) in [6, 6.07) is 16.3. The van der Waals surface area contributed by atoms with Gasteiger partial charge in [0.2, 0.25) is 5.91 Å². The molecule has 0 unspecified atom stereocenters. The molecule has 3 rings (SSSR count). The average Bonchev–Trinajstić information content (AvgIpc) is 3.23. The van der Waals surface area contributed by atoms with Crippen LogP contribution in [0.3, 0.4) is 0 Å². The van der Waals surface area contributed by atoms with E-state index < -0.39 is 0 Å². The number of benzene rings is 2. The second kappa shape index (κ2) is 10.1. The molecular formula is C24H30N4O2. The molecule has 1 amide bonds. The van der Waals surface area contributed by atoms with E-state index in [9.17, 15) is 4.79 Å². The maximum absolute atomic E-state index is 12.1. The van der Waals surface area contributed by atoms with Crippen molar-refractivity contribution in [3.05, 3.63) is 77.9 Å². The van der Waals surface area contributed by atoms with Crippen molar-refractivity contribution >= 4 is 5.91 Å². The van der Waals surface area contributed by atoms with Gasteiger partial charge in [0, 0.05) is 13.0 Å². The zero-order valence-corrected chi connectivity index (χ0v) is 18.0. The molecule has 0 saturated carbocycles. The monoisotopic (exact) mass is 406 g/mol. The molecule has 0 aliphatic carbocycles. The lowest BCUT2D eigenvalue weighted by Crippen LogP contribution is -2.23. The number of carbonyl (C=O) groups excluding carboxylic acids is 1. The van der Waals surface area contributed by atoms with Crippen molar-refractivity contribution in [1.29, 1.82) is 0 Å². The number of rotatable bonds is 9. The molecule has 1 heterocycles. The van der Waals surface area contributed by atoms with Gasteiger partial charge in [-0.25, -0.2) is 9.67 Å². The zero-order chi connectivity index (χ0) is 21.4. The summed E-state index contributed by atoms with van der Waals surface area (Å²) < 4.78 is 7.53. The Kier molecular flexibility index (Phi) is 7.22. The molecule has 6 nitrogen and oxygen atoms in total. The van der Waals surface area contributed by atoms with Gasteiger partial charge in [0.1, 0.15) is 18.4 Å². The molecule has 1 aromatic heterocycles. The zero-order valence-electron chi connectivity index (χ0n) is 18.0. The third-order valence-electron chi connectivity index (χ3n) is 4.86. The van der Waals surface area contributed by atoms with Gasteiger partial charge in [-0.15, -0.1) is 0 Å². The first-order valence-electron chi connectivity index (χ1n) is 10.3. The van der Waals surface area contributed by atoms with Crippen LogP contribution in [0.15, 0.2) is 61.2 Å². The minimum atomic E-state index is 0.0355. The molecule has 0 fully saturated rings. The second-order valence-corrected chi connectivity index (χ2v) is 8.41. The average molecular weight is 407 g/mol. The fraction of sp³-hybridized carbons (Fsp3) is 0.375. The number of hydrogen-bond acceptors (Lipinski definition) is 4. The van der Waals surface area contributed by atoms with Gasteiger partial charge in [0.05, 0.1) is 13.2 Å². The highest BCUT2D eigenvalue weighted by Crippen LogP contribution is 2.24. The number of aromatic nitrogens is 3. The molecule has 158 valence electrons. The first-order valence-corrected chi connectivity index (χ1v) is 10.3. The van der Waals surface area contributed by atoms with E-state index in [0.29, 0.717) is 32.5 Å². The summed E-state index contributed by atoms with van der Waals surface area (Å²) in [7, 11) is 0. The Morgan fingerprint density at radius 1 is 1.03 bits per heavy atom. The van der Waals surface area contributed by atoms with Gasteiger partial charge >= 0.3 is 0 Å². The van der Waals surface area contributed by atoms with E-state index in [1.54, 1.807) is 11.0 Å². The predicted octanol–water partition coefficient (Wildman–Crippen LogP) is 4.10. The number of nitrogens with zero attached hydrogens (tertiary/aromatic N) is 3. The smallest absolute Gasteiger partial charge is 0.220 e. The van der Waals surface area contributed by atoms with Crippen LogP contribution in [0.25, 0.3) is 0 Å². The van der Waals surface area contributed by atoms with Crippen LogP contribution >= 0.6 is 0 Å². The Bertz CT molecular complexity index is 911. The van der Waals surface area contributed by atoms with Gasteiger partial charge in [-0.05, 0) is 40.7 Å². The number of amides is 1. The minimum absolute atomic E-state index is 0.0355. The van der Waals surface area contributed by atoms with Crippen LogP contribution in [0, 0.1) is 0 Å². The van der Waals surface area contributed by atoms with E-state index in [1.165, 1.54) is 11.9 Å². The van der Waals surface area contributed by atoms with Crippen LogP contribution in [-0.2, 0) is 23.3 Å². The summed E-state index contributed by atoms with van der Waals surface area (Å²) >= 11 is 0. The Balaban J connectivity index is 1.33. The molecule has 0 atom stereocenters. The summed E-state index contributed by atoms with van der Waals surface area (Å²) in [5, 5.41) is 7.06. The lowest BCUT2D eigenvalue weighted by Gasteiger charge is -2.19. The van der Waals surface area contributed by atoms with Gasteiger partial charge in [-0.2, -0.15) is 5.10 Å². The van der Waals surface area contributed by atoms with E-state index in [1.807, 2.05) is 36.4 Å². The molecule has 0 aliphatic heterocycles. The molecule has 0 bridgehead atoms. The molecule has 0 saturated heterocycles. The summed E-state index contributed by atoms with van der Waals surface area (Å²) in [6.07, 6.45) is 4.35. The molecule has 2 aromatic carbocycles. The SMILES string of the molecule is CC(C)(C)c1ccc(OCCCC(=O)NCc2ccc(Cn3cncn3)cc2)cc1. The Morgan fingerprint density at radius 3 is 2.37 bits per heavy atom. The third-order valence-corrected chi connectivity index (χ3v) is 4.86. The number of hydrogen-bond donors (Lipinski definition) is 1. The fourth-order valence-corrected chi connectivity index (χ4v) is 3.03. The number of nitrogens with one attached hydrogen (secondary N) is 1. The van der Waals surface area contributed by atoms with Gasteiger partial charge in [0.25, 0.3) is 0 Å². The van der Waals surface area contributed by atoms with E-state index >= 15 is 0 Å². The summed E-state index contributed by atoms with van der Waals surface area (Å²) in [5.74, 6) is 0.878. The van der Waals surface area contributed by atoms with Crippen molar-refractivity contribution in [3.8, 4) is 5.75 Å². The van der Waals surface area contributed by atoms with Crippen LogP contribution < -0.4 is 10.1 Å². The van der Waals surface area contributed by atoms with Crippen LogP contribution in [0.1, 0.15) is 50.3 Å². The fourth-order valence-electron chi connectivity index (χ4n) is 3.03. The highest BCUT2D eigenvalue weighted by molar-refractivity contribution is 5.75. The lowest BCUT2D eigenvalue weighted by atomic mass is 9.87. The van der Waals surface area contributed by atoms with Crippen LogP contribution in [0.4, 0.5) is 0 Å². The quantitative estimate of drug-likeness (QED) is 0.543. The van der Waals surface area contributed by atoms with Crippen LogP contribution in [0.5, 0.6) is 5.75 Å². The Labute approximate surface area is 178 Å². The van der Waals surface area contributed by atoms with E-state index in [-0.39, 0.29) is 11.3 Å². The van der Waals surface area contributed by atoms with Crippen LogP contribution in [-0.4, -0.2) is 27.3 Å². The standard InChI is InChI=1S/C24H30N4O2/c1-24(2,3)21-10-12-22(13-11-21)30-14-4-5-23(29)26-15-19-6-8-20(9-7-19)16-28-18-25-17-27-28/h6-13,17-18H,4-5,14-16H2,1-3H3,(H,26,29). The molecular weight excluding hydrogens is 376 g/mol. The molecule has 30 heavy (non-hydrogen) atoms. The first-order chi connectivity index (χ1) is 14.4. The molecule has 1 N–H and O–H groups in total. The van der Waals surface area contributed by atoms with Gasteiger partial charge in [0.15, 0.2) is 0 Å². The van der Waals surface area contributed by atoms with E-state index in [0.717, 1.165) is 16.9 Å². The van der Waals surface area contributed by atoms with Crippen molar-refractivity contribution in [2.75, 3.05) is 6.61 Å². The largest absolute Gasteiger partial charge is 0.494 e. The predicted molar refractivity (Wildman–Crippen MR) is 117 cm³/mol. The molecule has 0 aliphatic rings. The number of carbonyl (C=O) groups is 1. The summed E-state index contributed by atoms with van der Waals surface area (Å²) in [5.41, 5.74) is 3.62. The lowest BCUT2D eigenvalue weighted by molar-refractivity contribution is -0.121. The highest BCUT2D eigenvalue weighted by Gasteiger charge is 2.13. The first kappa shape index (κ1) is 21.6. The Hall–Kier alpha value is -3.15. The maximum atomic E-state index is 12.1. The van der Waals surface area contributed by atoms with Crippen molar-refractivity contribution in [2.45, 2.75) is 52.1 Å². The van der Waals surface area contributed by atoms with Gasteiger partial charge < -0.3 is 10.1 Å². The van der Waals surface area contributed by atoms with E-state index in [4.69, 9.17) is 4.74 Å². The van der Waals surface area contributed by atoms with Crippen LogP contribution in [0.2, 0.25) is 0 Å². The molecule has 3 aromatic rings.